The fourth-order valence-corrected chi connectivity index (χ4v) is 3.36. The van der Waals surface area contributed by atoms with E-state index in [1.807, 2.05) is 19.3 Å². The Bertz CT molecular complexity index is 722. The summed E-state index contributed by atoms with van der Waals surface area (Å²) in [4.78, 5) is 13.7. The Hall–Kier alpha value is -2.09. The summed E-state index contributed by atoms with van der Waals surface area (Å²) < 4.78 is 7.52. The average molecular weight is 332 g/mol. The van der Waals surface area contributed by atoms with E-state index in [-0.39, 0.29) is 6.67 Å². The van der Waals surface area contributed by atoms with Gasteiger partial charge in [-0.1, -0.05) is 12.1 Å². The first kappa shape index (κ1) is 16.8. The van der Waals surface area contributed by atoms with Gasteiger partial charge in [0.15, 0.2) is 0 Å². The Kier molecular flexibility index (Phi) is 5.03. The number of aryl methyl sites for hydroxylation is 1. The Morgan fingerprint density at radius 1 is 1.42 bits per heavy atom. The van der Waals surface area contributed by atoms with Crippen LogP contribution in [0.25, 0.3) is 10.9 Å². The zero-order valence-corrected chi connectivity index (χ0v) is 13.9. The Morgan fingerprint density at radius 3 is 2.83 bits per heavy atom. The number of para-hydroxylation sites is 1. The molecule has 0 amide bonds. The summed E-state index contributed by atoms with van der Waals surface area (Å²) >= 11 is 0. The van der Waals surface area contributed by atoms with Gasteiger partial charge >= 0.3 is 5.97 Å². The van der Waals surface area contributed by atoms with E-state index in [4.69, 9.17) is 10.5 Å². The fraction of sp³-hybridized carbons (Fsp3) is 0.471. The monoisotopic (exact) mass is 332 g/mol. The Labute approximate surface area is 141 Å². The molecule has 24 heavy (non-hydrogen) atoms. The van der Waals surface area contributed by atoms with E-state index in [1.54, 1.807) is 0 Å². The number of aliphatic carboxylic acids is 1. The normalized spacial score (nSPS) is 16.5. The zero-order valence-electron chi connectivity index (χ0n) is 13.9. The van der Waals surface area contributed by atoms with Gasteiger partial charge < -0.3 is 25.0 Å². The SMILES string of the molecule is Cn1cc(CC(NCN)C(=O)O)c2cccc(N3CCOCC3)c21. The lowest BCUT2D eigenvalue weighted by atomic mass is 10.0. The van der Waals surface area contributed by atoms with Crippen LogP contribution in [0.15, 0.2) is 24.4 Å². The number of carbonyl (C=O) groups is 1. The summed E-state index contributed by atoms with van der Waals surface area (Å²) in [5.41, 5.74) is 8.77. The van der Waals surface area contributed by atoms with Gasteiger partial charge in [-0.3, -0.25) is 10.1 Å². The van der Waals surface area contributed by atoms with Gasteiger partial charge in [-0.15, -0.1) is 0 Å². The molecule has 3 rings (SSSR count). The highest BCUT2D eigenvalue weighted by molar-refractivity contribution is 5.95. The molecule has 7 nitrogen and oxygen atoms in total. The molecular formula is C17H24N4O3. The van der Waals surface area contributed by atoms with E-state index in [2.05, 4.69) is 26.9 Å². The molecule has 1 aromatic carbocycles. The molecular weight excluding hydrogens is 308 g/mol. The van der Waals surface area contributed by atoms with Crippen LogP contribution in [-0.2, 0) is 23.0 Å². The number of carboxylic acids is 1. The first-order valence-electron chi connectivity index (χ1n) is 8.17. The molecule has 1 fully saturated rings. The predicted octanol–water partition coefficient (Wildman–Crippen LogP) is 0.516. The minimum absolute atomic E-state index is 0.140. The largest absolute Gasteiger partial charge is 0.480 e. The molecule has 4 N–H and O–H groups in total. The standard InChI is InChI=1S/C17H24N4O3/c1-20-10-12(9-14(17(22)23)19-11-18)13-3-2-4-15(16(13)20)21-5-7-24-8-6-21/h2-4,10,14,19H,5-9,11,18H2,1H3,(H,22,23). The summed E-state index contributed by atoms with van der Waals surface area (Å²) in [5, 5.41) is 13.3. The number of ether oxygens (including phenoxy) is 1. The molecule has 0 aliphatic carbocycles. The van der Waals surface area contributed by atoms with Gasteiger partial charge in [-0.05, 0) is 11.6 Å². The number of nitrogens with two attached hydrogens (primary N) is 1. The predicted molar refractivity (Wildman–Crippen MR) is 93.3 cm³/mol. The number of hydrogen-bond donors (Lipinski definition) is 3. The van der Waals surface area contributed by atoms with E-state index >= 15 is 0 Å². The average Bonchev–Trinajstić information content (AvgIpc) is 2.91. The number of anilines is 1. The molecule has 0 saturated carbocycles. The second kappa shape index (κ2) is 7.21. The van der Waals surface area contributed by atoms with Gasteiger partial charge in [0.05, 0.1) is 24.4 Å². The highest BCUT2D eigenvalue weighted by Crippen LogP contribution is 2.31. The number of nitrogens with one attached hydrogen (secondary N) is 1. The minimum atomic E-state index is -0.887. The molecule has 2 heterocycles. The zero-order chi connectivity index (χ0) is 17.1. The van der Waals surface area contributed by atoms with Gasteiger partial charge in [0.1, 0.15) is 6.04 Å². The minimum Gasteiger partial charge on any atom is -0.480 e. The number of fused-ring (bicyclic) bond motifs is 1. The Morgan fingerprint density at radius 2 is 2.17 bits per heavy atom. The number of benzene rings is 1. The molecule has 130 valence electrons. The van der Waals surface area contributed by atoms with Crippen LogP contribution in [0.1, 0.15) is 5.56 Å². The summed E-state index contributed by atoms with van der Waals surface area (Å²) in [7, 11) is 2.00. The number of nitrogens with zero attached hydrogens (tertiary/aromatic N) is 2. The van der Waals surface area contributed by atoms with Crippen LogP contribution >= 0.6 is 0 Å². The quantitative estimate of drug-likeness (QED) is 0.668. The van der Waals surface area contributed by atoms with Crippen molar-refractivity contribution in [3.8, 4) is 0 Å². The number of carboxylic acid groups (broad SMARTS) is 1. The van der Waals surface area contributed by atoms with E-state index < -0.39 is 12.0 Å². The maximum Gasteiger partial charge on any atom is 0.321 e. The summed E-state index contributed by atoms with van der Waals surface area (Å²) in [6.45, 7) is 3.34. The van der Waals surface area contributed by atoms with Crippen molar-refractivity contribution in [2.45, 2.75) is 12.5 Å². The number of morpholine rings is 1. The van der Waals surface area contributed by atoms with Crippen LogP contribution < -0.4 is 16.0 Å². The molecule has 1 atom stereocenters. The third kappa shape index (κ3) is 3.24. The lowest BCUT2D eigenvalue weighted by Gasteiger charge is -2.29. The van der Waals surface area contributed by atoms with Gasteiger partial charge in [0, 0.05) is 44.8 Å². The molecule has 1 saturated heterocycles. The van der Waals surface area contributed by atoms with Crippen LogP contribution in [0.4, 0.5) is 5.69 Å². The van der Waals surface area contributed by atoms with Gasteiger partial charge in [-0.25, -0.2) is 0 Å². The summed E-state index contributed by atoms with van der Waals surface area (Å²) in [6, 6.07) is 5.51. The van der Waals surface area contributed by atoms with E-state index in [9.17, 15) is 9.90 Å². The number of rotatable bonds is 6. The van der Waals surface area contributed by atoms with Gasteiger partial charge in [0.2, 0.25) is 0 Å². The molecule has 1 aliphatic rings. The molecule has 2 aromatic rings. The second-order valence-electron chi connectivity index (χ2n) is 6.04. The molecule has 0 radical (unpaired) electrons. The highest BCUT2D eigenvalue weighted by Gasteiger charge is 2.21. The van der Waals surface area contributed by atoms with Crippen molar-refractivity contribution in [2.75, 3.05) is 37.9 Å². The first-order valence-corrected chi connectivity index (χ1v) is 8.17. The van der Waals surface area contributed by atoms with E-state index in [0.29, 0.717) is 6.42 Å². The van der Waals surface area contributed by atoms with Crippen LogP contribution in [0.3, 0.4) is 0 Å². The first-order chi connectivity index (χ1) is 11.6. The molecule has 1 unspecified atom stereocenters. The van der Waals surface area contributed by atoms with Crippen LogP contribution in [0.2, 0.25) is 0 Å². The smallest absolute Gasteiger partial charge is 0.321 e. The molecule has 0 spiro atoms. The fourth-order valence-electron chi connectivity index (χ4n) is 3.36. The van der Waals surface area contributed by atoms with Gasteiger partial charge in [0.25, 0.3) is 0 Å². The van der Waals surface area contributed by atoms with Crippen molar-refractivity contribution in [2.24, 2.45) is 12.8 Å². The second-order valence-corrected chi connectivity index (χ2v) is 6.04. The van der Waals surface area contributed by atoms with Crippen molar-refractivity contribution < 1.29 is 14.6 Å². The summed E-state index contributed by atoms with van der Waals surface area (Å²) in [6.07, 6.45) is 2.42. The third-order valence-electron chi connectivity index (χ3n) is 4.50. The van der Waals surface area contributed by atoms with Crippen molar-refractivity contribution in [1.29, 1.82) is 0 Å². The van der Waals surface area contributed by atoms with Crippen molar-refractivity contribution >= 4 is 22.6 Å². The van der Waals surface area contributed by atoms with Crippen molar-refractivity contribution in [1.82, 2.24) is 9.88 Å². The highest BCUT2D eigenvalue weighted by atomic mass is 16.5. The molecule has 1 aromatic heterocycles. The van der Waals surface area contributed by atoms with E-state index in [1.165, 1.54) is 5.69 Å². The van der Waals surface area contributed by atoms with Crippen molar-refractivity contribution in [3.63, 3.8) is 0 Å². The maximum absolute atomic E-state index is 11.4. The maximum atomic E-state index is 11.4. The van der Waals surface area contributed by atoms with E-state index in [0.717, 1.165) is 42.8 Å². The number of aromatic nitrogens is 1. The third-order valence-corrected chi connectivity index (χ3v) is 4.50. The van der Waals surface area contributed by atoms with Crippen LogP contribution in [0.5, 0.6) is 0 Å². The topological polar surface area (TPSA) is 92.8 Å². The summed E-state index contributed by atoms with van der Waals surface area (Å²) in [5.74, 6) is -0.887. The molecule has 1 aliphatic heterocycles. The van der Waals surface area contributed by atoms with Crippen LogP contribution in [-0.4, -0.2) is 54.7 Å². The van der Waals surface area contributed by atoms with Crippen molar-refractivity contribution in [3.05, 3.63) is 30.0 Å². The molecule has 0 bridgehead atoms. The number of hydrogen-bond acceptors (Lipinski definition) is 5. The van der Waals surface area contributed by atoms with Crippen LogP contribution in [0, 0.1) is 0 Å². The molecule has 7 heteroatoms. The van der Waals surface area contributed by atoms with Gasteiger partial charge in [-0.2, -0.15) is 0 Å². The lowest BCUT2D eigenvalue weighted by Crippen LogP contribution is -2.41. The lowest BCUT2D eigenvalue weighted by molar-refractivity contribution is -0.139. The Balaban J connectivity index is 1.97.